The summed E-state index contributed by atoms with van der Waals surface area (Å²) in [6.07, 6.45) is 3.95. The molecule has 0 bridgehead atoms. The highest BCUT2D eigenvalue weighted by atomic mass is 16.5. The van der Waals surface area contributed by atoms with E-state index in [9.17, 15) is 0 Å². The number of ether oxygens (including phenoxy) is 1. The van der Waals surface area contributed by atoms with Crippen molar-refractivity contribution < 1.29 is 4.74 Å². The minimum Gasteiger partial charge on any atom is -0.490 e. The minimum atomic E-state index is 0.653. The molecule has 0 heterocycles. The molecule has 0 spiro atoms. The molecule has 0 aliphatic heterocycles. The first-order valence-corrected chi connectivity index (χ1v) is 3.72. The lowest BCUT2D eigenvalue weighted by Crippen LogP contribution is -1.91. The Kier molecular flexibility index (Phi) is 3.26. The summed E-state index contributed by atoms with van der Waals surface area (Å²) in [6, 6.07) is 9.80. The van der Waals surface area contributed by atoms with E-state index < -0.39 is 0 Å². The molecule has 0 amide bonds. The average Bonchev–Trinajstić information content (AvgIpc) is 2.07. The highest BCUT2D eigenvalue weighted by Crippen LogP contribution is 2.07. The van der Waals surface area contributed by atoms with Crippen LogP contribution in [0.3, 0.4) is 0 Å². The molecule has 0 aliphatic rings. The Hall–Kier alpha value is -1.24. The van der Waals surface area contributed by atoms with Crippen molar-refractivity contribution in [3.05, 3.63) is 42.5 Å². The first-order chi connectivity index (χ1) is 5.43. The largest absolute Gasteiger partial charge is 0.490 e. The van der Waals surface area contributed by atoms with Gasteiger partial charge in [-0.2, -0.15) is 0 Å². The van der Waals surface area contributed by atoms with Gasteiger partial charge in [-0.05, 0) is 19.1 Å². The molecule has 0 unspecified atom stereocenters. The second-order valence-electron chi connectivity index (χ2n) is 2.19. The maximum atomic E-state index is 5.36. The Morgan fingerprint density at radius 1 is 1.27 bits per heavy atom. The summed E-state index contributed by atoms with van der Waals surface area (Å²) in [6.45, 7) is 2.63. The summed E-state index contributed by atoms with van der Waals surface area (Å²) in [4.78, 5) is 0. The molecule has 0 radical (unpaired) electrons. The molecule has 1 heteroatoms. The molecular formula is C10H12O. The predicted octanol–water partition coefficient (Wildman–Crippen LogP) is 2.64. The third kappa shape index (κ3) is 2.89. The lowest BCUT2D eigenvalue weighted by Gasteiger charge is -2.00. The summed E-state index contributed by atoms with van der Waals surface area (Å²) in [5.41, 5.74) is 0. The number of hydrogen-bond donors (Lipinski definition) is 0. The van der Waals surface area contributed by atoms with E-state index in [4.69, 9.17) is 4.74 Å². The van der Waals surface area contributed by atoms with E-state index in [1.54, 1.807) is 0 Å². The van der Waals surface area contributed by atoms with Crippen molar-refractivity contribution in [3.63, 3.8) is 0 Å². The van der Waals surface area contributed by atoms with Crippen molar-refractivity contribution >= 4 is 0 Å². The van der Waals surface area contributed by atoms with Crippen LogP contribution in [0.2, 0.25) is 0 Å². The molecule has 1 nitrogen and oxygen atoms in total. The number of allylic oxidation sites excluding steroid dienone is 1. The van der Waals surface area contributed by atoms with Crippen LogP contribution in [0.1, 0.15) is 6.92 Å². The highest BCUT2D eigenvalue weighted by Gasteiger charge is 1.85. The summed E-state index contributed by atoms with van der Waals surface area (Å²) in [5, 5.41) is 0. The third-order valence-corrected chi connectivity index (χ3v) is 1.33. The average molecular weight is 148 g/mol. The van der Waals surface area contributed by atoms with E-state index in [0.29, 0.717) is 6.61 Å². The molecular weight excluding hydrogens is 136 g/mol. The number of hydrogen-bond acceptors (Lipinski definition) is 1. The molecule has 1 rings (SSSR count). The van der Waals surface area contributed by atoms with Gasteiger partial charge in [-0.25, -0.2) is 0 Å². The van der Waals surface area contributed by atoms with Crippen molar-refractivity contribution in [2.24, 2.45) is 0 Å². The normalized spacial score (nSPS) is 10.3. The van der Waals surface area contributed by atoms with Gasteiger partial charge in [0.25, 0.3) is 0 Å². The van der Waals surface area contributed by atoms with Crippen LogP contribution in [0.4, 0.5) is 0 Å². The zero-order chi connectivity index (χ0) is 7.94. The van der Waals surface area contributed by atoms with Crippen molar-refractivity contribution in [1.82, 2.24) is 0 Å². The van der Waals surface area contributed by atoms with Crippen LogP contribution in [0, 0.1) is 0 Å². The second-order valence-corrected chi connectivity index (χ2v) is 2.19. The number of para-hydroxylation sites is 1. The van der Waals surface area contributed by atoms with Crippen molar-refractivity contribution in [3.8, 4) is 5.75 Å². The molecule has 0 N–H and O–H groups in total. The van der Waals surface area contributed by atoms with Crippen LogP contribution in [0.15, 0.2) is 42.5 Å². The van der Waals surface area contributed by atoms with Crippen LogP contribution in [-0.4, -0.2) is 6.61 Å². The molecule has 11 heavy (non-hydrogen) atoms. The first kappa shape index (κ1) is 7.86. The van der Waals surface area contributed by atoms with E-state index in [1.807, 2.05) is 49.4 Å². The highest BCUT2D eigenvalue weighted by molar-refractivity contribution is 5.21. The van der Waals surface area contributed by atoms with Crippen LogP contribution in [-0.2, 0) is 0 Å². The molecule has 0 atom stereocenters. The number of benzene rings is 1. The SMILES string of the molecule is CC=CCOc1ccccc1. The smallest absolute Gasteiger partial charge is 0.119 e. The molecule has 58 valence electrons. The lowest BCUT2D eigenvalue weighted by molar-refractivity contribution is 0.363. The van der Waals surface area contributed by atoms with E-state index in [1.165, 1.54) is 0 Å². The van der Waals surface area contributed by atoms with E-state index in [-0.39, 0.29) is 0 Å². The lowest BCUT2D eigenvalue weighted by atomic mass is 10.3. The molecule has 1 aromatic rings. The topological polar surface area (TPSA) is 9.23 Å². The van der Waals surface area contributed by atoms with Gasteiger partial charge in [-0.15, -0.1) is 0 Å². The van der Waals surface area contributed by atoms with Gasteiger partial charge in [0.2, 0.25) is 0 Å². The molecule has 0 aromatic heterocycles. The van der Waals surface area contributed by atoms with Gasteiger partial charge in [0, 0.05) is 0 Å². The molecule has 0 fully saturated rings. The van der Waals surface area contributed by atoms with Gasteiger partial charge < -0.3 is 4.74 Å². The van der Waals surface area contributed by atoms with Crippen LogP contribution < -0.4 is 4.74 Å². The third-order valence-electron chi connectivity index (χ3n) is 1.33. The predicted molar refractivity (Wildman–Crippen MR) is 46.8 cm³/mol. The van der Waals surface area contributed by atoms with Gasteiger partial charge in [-0.3, -0.25) is 0 Å². The molecule has 0 aliphatic carbocycles. The van der Waals surface area contributed by atoms with Crippen LogP contribution >= 0.6 is 0 Å². The second kappa shape index (κ2) is 4.56. The quantitative estimate of drug-likeness (QED) is 0.599. The number of rotatable bonds is 3. The summed E-state index contributed by atoms with van der Waals surface area (Å²) < 4.78 is 5.36. The van der Waals surface area contributed by atoms with Crippen molar-refractivity contribution in [2.75, 3.05) is 6.61 Å². The first-order valence-electron chi connectivity index (χ1n) is 3.72. The Morgan fingerprint density at radius 3 is 2.64 bits per heavy atom. The zero-order valence-corrected chi connectivity index (χ0v) is 6.66. The van der Waals surface area contributed by atoms with Gasteiger partial charge >= 0.3 is 0 Å². The standard InChI is InChI=1S/C10H12O/c1-2-3-9-11-10-7-5-4-6-8-10/h2-8H,9H2,1H3. The van der Waals surface area contributed by atoms with Crippen molar-refractivity contribution in [1.29, 1.82) is 0 Å². The summed E-state index contributed by atoms with van der Waals surface area (Å²) in [7, 11) is 0. The zero-order valence-electron chi connectivity index (χ0n) is 6.66. The fourth-order valence-corrected chi connectivity index (χ4v) is 0.757. The van der Waals surface area contributed by atoms with E-state index in [0.717, 1.165) is 5.75 Å². The van der Waals surface area contributed by atoms with E-state index in [2.05, 4.69) is 0 Å². The summed E-state index contributed by atoms with van der Waals surface area (Å²) in [5.74, 6) is 0.922. The van der Waals surface area contributed by atoms with Gasteiger partial charge in [-0.1, -0.05) is 30.4 Å². The Labute approximate surface area is 67.3 Å². The maximum Gasteiger partial charge on any atom is 0.119 e. The maximum absolute atomic E-state index is 5.36. The minimum absolute atomic E-state index is 0.653. The Morgan fingerprint density at radius 2 is 2.00 bits per heavy atom. The van der Waals surface area contributed by atoms with E-state index >= 15 is 0 Å². The molecule has 1 aromatic carbocycles. The van der Waals surface area contributed by atoms with Crippen LogP contribution in [0.25, 0.3) is 0 Å². The molecule has 0 saturated carbocycles. The molecule has 0 saturated heterocycles. The monoisotopic (exact) mass is 148 g/mol. The Bertz CT molecular complexity index is 214. The fourth-order valence-electron chi connectivity index (χ4n) is 0.757. The van der Waals surface area contributed by atoms with Crippen molar-refractivity contribution in [2.45, 2.75) is 6.92 Å². The van der Waals surface area contributed by atoms with Crippen LogP contribution in [0.5, 0.6) is 5.75 Å². The Balaban J connectivity index is 2.39. The fraction of sp³-hybridized carbons (Fsp3) is 0.200. The van der Waals surface area contributed by atoms with Gasteiger partial charge in [0.15, 0.2) is 0 Å². The van der Waals surface area contributed by atoms with Gasteiger partial charge in [0.05, 0.1) is 0 Å². The summed E-state index contributed by atoms with van der Waals surface area (Å²) >= 11 is 0. The van der Waals surface area contributed by atoms with Gasteiger partial charge in [0.1, 0.15) is 12.4 Å².